The molecule has 0 saturated heterocycles. The highest BCUT2D eigenvalue weighted by Gasteiger charge is 2.36. The summed E-state index contributed by atoms with van der Waals surface area (Å²) in [5.41, 5.74) is 1.52. The van der Waals surface area contributed by atoms with Gasteiger partial charge in [0.1, 0.15) is 0 Å². The molecule has 0 aromatic heterocycles. The minimum atomic E-state index is -4.95. The van der Waals surface area contributed by atoms with Crippen molar-refractivity contribution in [3.05, 3.63) is 34.9 Å². The summed E-state index contributed by atoms with van der Waals surface area (Å²) >= 11 is 0. The average Bonchev–Trinajstić information content (AvgIpc) is 2.40. The molecular formula is C13H12F6N2O2. The molecule has 4 nitrogen and oxygen atoms in total. The molecule has 1 aromatic rings. The number of benzene rings is 1. The number of primary amides is 1. The lowest BCUT2D eigenvalue weighted by molar-refractivity contribution is -0.143. The summed E-state index contributed by atoms with van der Waals surface area (Å²) in [7, 11) is 0. The van der Waals surface area contributed by atoms with E-state index in [1.807, 2.05) is 0 Å². The van der Waals surface area contributed by atoms with Crippen molar-refractivity contribution >= 4 is 11.8 Å². The fourth-order valence-corrected chi connectivity index (χ4v) is 1.65. The third-order valence-corrected chi connectivity index (χ3v) is 2.74. The van der Waals surface area contributed by atoms with Gasteiger partial charge in [-0.2, -0.15) is 26.3 Å². The monoisotopic (exact) mass is 342 g/mol. The minimum absolute atomic E-state index is 0.00158. The average molecular weight is 342 g/mol. The van der Waals surface area contributed by atoms with Crippen molar-refractivity contribution in [2.75, 3.05) is 0 Å². The summed E-state index contributed by atoms with van der Waals surface area (Å²) in [6.45, 7) is -0.537. The van der Waals surface area contributed by atoms with Crippen LogP contribution in [0, 0.1) is 0 Å². The second-order valence-corrected chi connectivity index (χ2v) is 4.66. The molecule has 23 heavy (non-hydrogen) atoms. The lowest BCUT2D eigenvalue weighted by atomic mass is 10.0. The Labute approximate surface area is 126 Å². The van der Waals surface area contributed by atoms with Crippen LogP contribution in [-0.2, 0) is 28.5 Å². The number of rotatable bonds is 5. The molecule has 0 saturated carbocycles. The molecule has 0 atom stereocenters. The Morgan fingerprint density at radius 3 is 1.78 bits per heavy atom. The molecule has 0 unspecified atom stereocenters. The van der Waals surface area contributed by atoms with E-state index >= 15 is 0 Å². The van der Waals surface area contributed by atoms with E-state index in [0.29, 0.717) is 12.1 Å². The predicted molar refractivity (Wildman–Crippen MR) is 66.7 cm³/mol. The zero-order valence-corrected chi connectivity index (χ0v) is 11.5. The molecule has 3 N–H and O–H groups in total. The summed E-state index contributed by atoms with van der Waals surface area (Å²) in [4.78, 5) is 21.8. The Balaban J connectivity index is 2.93. The van der Waals surface area contributed by atoms with Crippen molar-refractivity contribution in [2.24, 2.45) is 5.73 Å². The lowest BCUT2D eigenvalue weighted by Crippen LogP contribution is -2.25. The molecule has 0 heterocycles. The number of alkyl halides is 6. The van der Waals surface area contributed by atoms with Gasteiger partial charge in [-0.1, -0.05) is 0 Å². The minimum Gasteiger partial charge on any atom is -0.370 e. The molecule has 0 aliphatic heterocycles. The molecule has 10 heteroatoms. The normalized spacial score (nSPS) is 12.1. The number of amides is 2. The van der Waals surface area contributed by atoms with Crippen LogP contribution in [0.3, 0.4) is 0 Å². The van der Waals surface area contributed by atoms with E-state index in [9.17, 15) is 35.9 Å². The van der Waals surface area contributed by atoms with E-state index in [2.05, 4.69) is 5.32 Å². The topological polar surface area (TPSA) is 72.2 Å². The molecule has 1 aromatic carbocycles. The standard InChI is InChI=1S/C13H12F6N2O2/c14-12(15,16)8-3-7(4-9(5-8)13(17,18)19)6-21-11(23)2-1-10(20)22/h3-5H,1-2,6H2,(H2,20,22)(H,21,23). The molecule has 0 spiro atoms. The zero-order chi connectivity index (χ0) is 17.8. The molecule has 128 valence electrons. The SMILES string of the molecule is NC(=O)CCC(=O)NCc1cc(C(F)(F)F)cc(C(F)(F)F)c1. The number of hydrogen-bond donors (Lipinski definition) is 2. The first-order valence-corrected chi connectivity index (χ1v) is 6.23. The molecule has 0 radical (unpaired) electrons. The van der Waals surface area contributed by atoms with Gasteiger partial charge in [0.15, 0.2) is 0 Å². The lowest BCUT2D eigenvalue weighted by Gasteiger charge is -2.14. The van der Waals surface area contributed by atoms with Gasteiger partial charge in [0.05, 0.1) is 11.1 Å². The largest absolute Gasteiger partial charge is 0.416 e. The summed E-state index contributed by atoms with van der Waals surface area (Å²) < 4.78 is 75.8. The highest BCUT2D eigenvalue weighted by Crippen LogP contribution is 2.36. The second-order valence-electron chi connectivity index (χ2n) is 4.66. The van der Waals surface area contributed by atoms with Gasteiger partial charge in [-0.25, -0.2) is 0 Å². The maximum absolute atomic E-state index is 12.6. The number of nitrogens with two attached hydrogens (primary N) is 1. The third kappa shape index (κ3) is 6.17. The van der Waals surface area contributed by atoms with Crippen molar-refractivity contribution in [3.63, 3.8) is 0 Å². The third-order valence-electron chi connectivity index (χ3n) is 2.74. The molecule has 2 amide bonds. The molecule has 0 fully saturated rings. The van der Waals surface area contributed by atoms with E-state index in [-0.39, 0.29) is 24.5 Å². The van der Waals surface area contributed by atoms with Gasteiger partial charge >= 0.3 is 12.4 Å². The Kier molecular flexibility index (Phi) is 5.62. The van der Waals surface area contributed by atoms with Crippen LogP contribution < -0.4 is 11.1 Å². The zero-order valence-electron chi connectivity index (χ0n) is 11.5. The van der Waals surface area contributed by atoms with Gasteiger partial charge in [-0.3, -0.25) is 9.59 Å². The van der Waals surface area contributed by atoms with Crippen LogP contribution >= 0.6 is 0 Å². The van der Waals surface area contributed by atoms with E-state index in [4.69, 9.17) is 5.73 Å². The smallest absolute Gasteiger partial charge is 0.370 e. The van der Waals surface area contributed by atoms with Crippen molar-refractivity contribution in [3.8, 4) is 0 Å². The number of carbonyl (C=O) groups excluding carboxylic acids is 2. The Hall–Kier alpha value is -2.26. The second kappa shape index (κ2) is 6.88. The Bertz CT molecular complexity index is 563. The summed E-state index contributed by atoms with van der Waals surface area (Å²) in [6.07, 6.45) is -10.5. The number of carbonyl (C=O) groups is 2. The molecule has 0 aliphatic rings. The predicted octanol–water partition coefficient (Wildman–Crippen LogP) is 2.61. The fourth-order valence-electron chi connectivity index (χ4n) is 1.65. The van der Waals surface area contributed by atoms with Gasteiger partial charge in [0.2, 0.25) is 11.8 Å². The first-order chi connectivity index (χ1) is 10.4. The van der Waals surface area contributed by atoms with Gasteiger partial charge in [0, 0.05) is 19.4 Å². The first kappa shape index (κ1) is 18.8. The Morgan fingerprint density at radius 2 is 1.39 bits per heavy atom. The number of hydrogen-bond acceptors (Lipinski definition) is 2. The summed E-state index contributed by atoms with van der Waals surface area (Å²) in [6, 6.07) is 1.03. The van der Waals surface area contributed by atoms with Crippen LogP contribution in [0.15, 0.2) is 18.2 Å². The van der Waals surface area contributed by atoms with Gasteiger partial charge in [-0.15, -0.1) is 0 Å². The van der Waals surface area contributed by atoms with Crippen molar-refractivity contribution < 1.29 is 35.9 Å². The van der Waals surface area contributed by atoms with Gasteiger partial charge < -0.3 is 11.1 Å². The van der Waals surface area contributed by atoms with E-state index in [1.54, 1.807) is 0 Å². The summed E-state index contributed by atoms with van der Waals surface area (Å²) in [5, 5.41) is 2.13. The highest BCUT2D eigenvalue weighted by molar-refractivity contribution is 5.82. The van der Waals surface area contributed by atoms with Crippen LogP contribution in [0.1, 0.15) is 29.5 Å². The van der Waals surface area contributed by atoms with Gasteiger partial charge in [-0.05, 0) is 23.8 Å². The van der Waals surface area contributed by atoms with Gasteiger partial charge in [0.25, 0.3) is 0 Å². The van der Waals surface area contributed by atoms with E-state index in [1.165, 1.54) is 0 Å². The van der Waals surface area contributed by atoms with E-state index < -0.39 is 41.8 Å². The van der Waals surface area contributed by atoms with E-state index in [0.717, 1.165) is 0 Å². The highest BCUT2D eigenvalue weighted by atomic mass is 19.4. The van der Waals surface area contributed by atoms with Crippen LogP contribution in [0.4, 0.5) is 26.3 Å². The Morgan fingerprint density at radius 1 is 0.913 bits per heavy atom. The van der Waals surface area contributed by atoms with Crippen molar-refractivity contribution in [1.82, 2.24) is 5.32 Å². The molecule has 0 bridgehead atoms. The maximum atomic E-state index is 12.6. The van der Waals surface area contributed by atoms with Crippen LogP contribution in [-0.4, -0.2) is 11.8 Å². The quantitative estimate of drug-likeness (QED) is 0.808. The summed E-state index contributed by atoms with van der Waals surface area (Å²) in [5.74, 6) is -1.46. The number of halogens is 6. The molecule has 1 rings (SSSR count). The van der Waals surface area contributed by atoms with Crippen molar-refractivity contribution in [1.29, 1.82) is 0 Å². The fraction of sp³-hybridized carbons (Fsp3) is 0.385. The first-order valence-electron chi connectivity index (χ1n) is 6.23. The van der Waals surface area contributed by atoms with Crippen LogP contribution in [0.25, 0.3) is 0 Å². The van der Waals surface area contributed by atoms with Crippen molar-refractivity contribution in [2.45, 2.75) is 31.7 Å². The van der Waals surface area contributed by atoms with Crippen LogP contribution in [0.5, 0.6) is 0 Å². The number of nitrogens with one attached hydrogen (secondary N) is 1. The maximum Gasteiger partial charge on any atom is 0.416 e. The van der Waals surface area contributed by atoms with Crippen LogP contribution in [0.2, 0.25) is 0 Å². The molecule has 0 aliphatic carbocycles. The molecular weight excluding hydrogens is 330 g/mol.